The van der Waals surface area contributed by atoms with E-state index in [9.17, 15) is 9.59 Å². The lowest BCUT2D eigenvalue weighted by Crippen LogP contribution is -2.40. The van der Waals surface area contributed by atoms with E-state index in [1.807, 2.05) is 19.9 Å². The van der Waals surface area contributed by atoms with Crippen LogP contribution < -0.4 is 10.1 Å². The standard InChI is InChI=1S/C24H30ClN3O4/c1-16(2)32-24(30)28-12-10-17(11-13-28)14-21(19-6-9-22(31-3)26-15-19)27-23(29)18-4-7-20(25)8-5-18/h4-9,15-17,21H,10-14H2,1-3H3,(H,27,29). The van der Waals surface area contributed by atoms with Crippen LogP contribution in [0, 0.1) is 5.92 Å². The lowest BCUT2D eigenvalue weighted by Gasteiger charge is -2.33. The zero-order valence-electron chi connectivity index (χ0n) is 18.7. The molecule has 32 heavy (non-hydrogen) atoms. The Bertz CT molecular complexity index is 894. The fraction of sp³-hybridized carbons (Fsp3) is 0.458. The molecule has 0 bridgehead atoms. The number of carbonyl (C=O) groups excluding carboxylic acids is 2. The summed E-state index contributed by atoms with van der Waals surface area (Å²) in [5.74, 6) is 0.713. The van der Waals surface area contributed by atoms with E-state index in [1.54, 1.807) is 48.5 Å². The highest BCUT2D eigenvalue weighted by atomic mass is 35.5. The summed E-state index contributed by atoms with van der Waals surface area (Å²) in [7, 11) is 1.57. The van der Waals surface area contributed by atoms with Gasteiger partial charge in [-0.25, -0.2) is 9.78 Å². The van der Waals surface area contributed by atoms with Crippen LogP contribution in [-0.2, 0) is 4.74 Å². The molecule has 1 atom stereocenters. The van der Waals surface area contributed by atoms with Crippen molar-refractivity contribution >= 4 is 23.6 Å². The minimum Gasteiger partial charge on any atom is -0.481 e. The number of benzene rings is 1. The Hall–Kier alpha value is -2.80. The second kappa shape index (κ2) is 11.2. The van der Waals surface area contributed by atoms with E-state index in [1.165, 1.54) is 0 Å². The van der Waals surface area contributed by atoms with Crippen LogP contribution in [0.25, 0.3) is 0 Å². The van der Waals surface area contributed by atoms with E-state index in [-0.39, 0.29) is 24.1 Å². The number of methoxy groups -OCH3 is 1. The predicted octanol–water partition coefficient (Wildman–Crippen LogP) is 4.86. The number of rotatable bonds is 7. The number of halogens is 1. The average Bonchev–Trinajstić information content (AvgIpc) is 2.79. The molecule has 0 radical (unpaired) electrons. The third-order valence-electron chi connectivity index (χ3n) is 5.56. The van der Waals surface area contributed by atoms with E-state index in [2.05, 4.69) is 10.3 Å². The van der Waals surface area contributed by atoms with Gasteiger partial charge in [0.05, 0.1) is 19.3 Å². The minimum absolute atomic E-state index is 0.129. The smallest absolute Gasteiger partial charge is 0.410 e. The van der Waals surface area contributed by atoms with Crippen molar-refractivity contribution in [2.75, 3.05) is 20.2 Å². The van der Waals surface area contributed by atoms with Crippen molar-refractivity contribution in [2.45, 2.75) is 45.3 Å². The number of nitrogens with one attached hydrogen (secondary N) is 1. The van der Waals surface area contributed by atoms with Gasteiger partial charge in [0, 0.05) is 35.9 Å². The summed E-state index contributed by atoms with van der Waals surface area (Å²) in [6.45, 7) is 4.99. The summed E-state index contributed by atoms with van der Waals surface area (Å²) in [6.07, 6.45) is 3.80. The first-order valence-corrected chi connectivity index (χ1v) is 11.3. The molecule has 1 saturated heterocycles. The Labute approximate surface area is 194 Å². The predicted molar refractivity (Wildman–Crippen MR) is 123 cm³/mol. The quantitative estimate of drug-likeness (QED) is 0.639. The second-order valence-electron chi connectivity index (χ2n) is 8.27. The van der Waals surface area contributed by atoms with Gasteiger partial charge in [-0.15, -0.1) is 0 Å². The van der Waals surface area contributed by atoms with Crippen molar-refractivity contribution in [1.82, 2.24) is 15.2 Å². The summed E-state index contributed by atoms with van der Waals surface area (Å²) < 4.78 is 10.5. The van der Waals surface area contributed by atoms with Crippen LogP contribution in [0.3, 0.4) is 0 Å². The van der Waals surface area contributed by atoms with Crippen LogP contribution in [0.1, 0.15) is 55.1 Å². The van der Waals surface area contributed by atoms with Gasteiger partial charge in [-0.2, -0.15) is 0 Å². The molecule has 2 heterocycles. The van der Waals surface area contributed by atoms with Crippen molar-refractivity contribution in [3.63, 3.8) is 0 Å². The Morgan fingerprint density at radius 3 is 2.41 bits per heavy atom. The van der Waals surface area contributed by atoms with Crippen molar-refractivity contribution in [3.05, 3.63) is 58.7 Å². The number of nitrogens with zero attached hydrogens (tertiary/aromatic N) is 2. The van der Waals surface area contributed by atoms with Gasteiger partial charge in [0.25, 0.3) is 5.91 Å². The maximum atomic E-state index is 12.9. The number of hydrogen-bond donors (Lipinski definition) is 1. The second-order valence-corrected chi connectivity index (χ2v) is 8.70. The number of carbonyl (C=O) groups is 2. The molecule has 3 rings (SSSR count). The highest BCUT2D eigenvalue weighted by molar-refractivity contribution is 6.30. The number of pyridine rings is 1. The normalized spacial score (nSPS) is 15.3. The summed E-state index contributed by atoms with van der Waals surface area (Å²) in [5, 5.41) is 3.73. The van der Waals surface area contributed by atoms with Crippen molar-refractivity contribution < 1.29 is 19.1 Å². The zero-order chi connectivity index (χ0) is 23.1. The van der Waals surface area contributed by atoms with Gasteiger partial charge in [0.2, 0.25) is 5.88 Å². The van der Waals surface area contributed by atoms with E-state index < -0.39 is 0 Å². The molecular weight excluding hydrogens is 430 g/mol. The van der Waals surface area contributed by atoms with E-state index in [0.717, 1.165) is 24.8 Å². The lowest BCUT2D eigenvalue weighted by molar-refractivity contribution is 0.0639. The van der Waals surface area contributed by atoms with E-state index in [0.29, 0.717) is 35.5 Å². The Kier molecular flexibility index (Phi) is 8.33. The van der Waals surface area contributed by atoms with E-state index >= 15 is 0 Å². The Morgan fingerprint density at radius 1 is 1.16 bits per heavy atom. The van der Waals surface area contributed by atoms with Gasteiger partial charge < -0.3 is 19.7 Å². The van der Waals surface area contributed by atoms with Crippen LogP contribution in [-0.4, -0.2) is 48.2 Å². The molecule has 8 heteroatoms. The van der Waals surface area contributed by atoms with Crippen LogP contribution in [0.15, 0.2) is 42.6 Å². The van der Waals surface area contributed by atoms with E-state index in [4.69, 9.17) is 21.1 Å². The third-order valence-corrected chi connectivity index (χ3v) is 5.81. The number of likely N-dealkylation sites (tertiary alicyclic amines) is 1. The maximum absolute atomic E-state index is 12.9. The molecule has 1 aliphatic rings. The van der Waals surface area contributed by atoms with Gasteiger partial charge in [0.15, 0.2) is 0 Å². The summed E-state index contributed by atoms with van der Waals surface area (Å²) in [4.78, 5) is 31.1. The van der Waals surface area contributed by atoms with Gasteiger partial charge in [-0.3, -0.25) is 4.79 Å². The molecule has 0 saturated carbocycles. The van der Waals surface area contributed by atoms with Crippen molar-refractivity contribution in [2.24, 2.45) is 5.92 Å². The molecule has 1 aliphatic heterocycles. The number of aromatic nitrogens is 1. The van der Waals surface area contributed by atoms with Gasteiger partial charge in [0.1, 0.15) is 0 Å². The summed E-state index contributed by atoms with van der Waals surface area (Å²) in [6, 6.07) is 10.3. The fourth-order valence-corrected chi connectivity index (χ4v) is 3.93. The molecule has 2 aromatic rings. The summed E-state index contributed by atoms with van der Waals surface area (Å²) >= 11 is 5.95. The Balaban J connectivity index is 1.68. The third kappa shape index (κ3) is 6.60. The van der Waals surface area contributed by atoms with Crippen LogP contribution in [0.4, 0.5) is 4.79 Å². The Morgan fingerprint density at radius 2 is 1.84 bits per heavy atom. The average molecular weight is 460 g/mol. The van der Waals surface area contributed by atoms with Crippen LogP contribution >= 0.6 is 11.6 Å². The first kappa shape index (κ1) is 23.9. The molecule has 1 aromatic heterocycles. The largest absolute Gasteiger partial charge is 0.481 e. The first-order valence-electron chi connectivity index (χ1n) is 10.9. The van der Waals surface area contributed by atoms with Gasteiger partial charge in [-0.1, -0.05) is 17.7 Å². The number of ether oxygens (including phenoxy) is 2. The SMILES string of the molecule is COc1ccc(C(CC2CCN(C(=O)OC(C)C)CC2)NC(=O)c2ccc(Cl)cc2)cn1. The van der Waals surface area contributed by atoms with Crippen LogP contribution in [0.2, 0.25) is 5.02 Å². The minimum atomic E-state index is -0.259. The molecule has 1 unspecified atom stereocenters. The highest BCUT2D eigenvalue weighted by Gasteiger charge is 2.27. The monoisotopic (exact) mass is 459 g/mol. The van der Waals surface area contributed by atoms with Gasteiger partial charge >= 0.3 is 6.09 Å². The lowest BCUT2D eigenvalue weighted by atomic mass is 9.88. The molecule has 0 aliphatic carbocycles. The number of piperidine rings is 1. The molecule has 1 fully saturated rings. The van der Waals surface area contributed by atoms with Gasteiger partial charge in [-0.05, 0) is 68.9 Å². The maximum Gasteiger partial charge on any atom is 0.410 e. The van der Waals surface area contributed by atoms with Crippen molar-refractivity contribution in [1.29, 1.82) is 0 Å². The molecule has 0 spiro atoms. The zero-order valence-corrected chi connectivity index (χ0v) is 19.5. The molecule has 7 nitrogen and oxygen atoms in total. The summed E-state index contributed by atoms with van der Waals surface area (Å²) in [5.41, 5.74) is 1.46. The molecule has 172 valence electrons. The molecule has 2 amide bonds. The fourth-order valence-electron chi connectivity index (χ4n) is 3.80. The molecular formula is C24H30ClN3O4. The first-order chi connectivity index (χ1) is 15.4. The van der Waals surface area contributed by atoms with Crippen LogP contribution in [0.5, 0.6) is 5.88 Å². The molecule has 1 aromatic carbocycles. The topological polar surface area (TPSA) is 80.8 Å². The number of amides is 2. The molecule has 1 N–H and O–H groups in total. The number of hydrogen-bond acceptors (Lipinski definition) is 5. The highest BCUT2D eigenvalue weighted by Crippen LogP contribution is 2.29. The van der Waals surface area contributed by atoms with Crippen molar-refractivity contribution in [3.8, 4) is 5.88 Å².